The molecule has 23 heavy (non-hydrogen) atoms. The number of likely N-dealkylation sites (tertiary alicyclic amines) is 2. The maximum Gasteiger partial charge on any atom is 0.0832 e. The molecule has 2 aliphatic heterocycles. The van der Waals surface area contributed by atoms with E-state index in [0.29, 0.717) is 30.5 Å². The summed E-state index contributed by atoms with van der Waals surface area (Å²) in [5, 5.41) is 0. The Hall–Kier alpha value is -0.200. The molecule has 1 aliphatic carbocycles. The lowest BCUT2D eigenvalue weighted by Crippen LogP contribution is -2.55. The molecule has 3 rings (SSSR count). The van der Waals surface area contributed by atoms with Crippen LogP contribution < -0.4 is 0 Å². The van der Waals surface area contributed by atoms with E-state index in [1.54, 1.807) is 7.11 Å². The SMILES string of the molecule is COC1CC(OC2CCN(CCN3CC(OC(C)C)C3)CC2)C1. The van der Waals surface area contributed by atoms with Gasteiger partial charge >= 0.3 is 0 Å². The molecule has 1 saturated carbocycles. The van der Waals surface area contributed by atoms with E-state index in [1.807, 2.05) is 0 Å². The van der Waals surface area contributed by atoms with Crippen molar-refractivity contribution in [1.82, 2.24) is 9.80 Å². The van der Waals surface area contributed by atoms with Crippen LogP contribution in [-0.4, -0.2) is 86.7 Å². The van der Waals surface area contributed by atoms with Gasteiger partial charge in [-0.15, -0.1) is 0 Å². The van der Waals surface area contributed by atoms with Gasteiger partial charge in [-0.05, 0) is 39.5 Å². The van der Waals surface area contributed by atoms with Crippen LogP contribution in [0.2, 0.25) is 0 Å². The zero-order chi connectivity index (χ0) is 16.2. The molecule has 2 saturated heterocycles. The molecule has 2 heterocycles. The summed E-state index contributed by atoms with van der Waals surface area (Å²) in [7, 11) is 1.80. The van der Waals surface area contributed by atoms with Crippen LogP contribution >= 0.6 is 0 Å². The summed E-state index contributed by atoms with van der Waals surface area (Å²) in [4.78, 5) is 5.10. The molecule has 0 aromatic heterocycles. The molecular weight excluding hydrogens is 292 g/mol. The number of hydrogen-bond donors (Lipinski definition) is 0. The fraction of sp³-hybridized carbons (Fsp3) is 1.00. The van der Waals surface area contributed by atoms with Crippen molar-refractivity contribution in [2.75, 3.05) is 46.4 Å². The highest BCUT2D eigenvalue weighted by Gasteiger charge is 2.33. The van der Waals surface area contributed by atoms with Crippen molar-refractivity contribution in [1.29, 1.82) is 0 Å². The molecule has 5 heteroatoms. The highest BCUT2D eigenvalue weighted by atomic mass is 16.5. The Morgan fingerprint density at radius 1 is 0.870 bits per heavy atom. The van der Waals surface area contributed by atoms with E-state index in [2.05, 4.69) is 23.6 Å². The molecule has 0 aromatic carbocycles. The second kappa shape index (κ2) is 8.26. The third-order valence-corrected chi connectivity index (χ3v) is 5.43. The normalized spacial score (nSPS) is 31.3. The van der Waals surface area contributed by atoms with E-state index in [4.69, 9.17) is 14.2 Å². The Morgan fingerprint density at radius 2 is 1.52 bits per heavy atom. The molecule has 0 aromatic rings. The number of rotatable bonds is 8. The first kappa shape index (κ1) is 17.6. The lowest BCUT2D eigenvalue weighted by atomic mass is 9.91. The number of ether oxygens (including phenoxy) is 3. The summed E-state index contributed by atoms with van der Waals surface area (Å²) >= 11 is 0. The highest BCUT2D eigenvalue weighted by molar-refractivity contribution is 4.85. The van der Waals surface area contributed by atoms with Crippen LogP contribution in [0.4, 0.5) is 0 Å². The summed E-state index contributed by atoms with van der Waals surface area (Å²) in [6.07, 6.45) is 6.75. The van der Waals surface area contributed by atoms with Crippen molar-refractivity contribution in [3.8, 4) is 0 Å². The standard InChI is InChI=1S/C18H34N2O3/c1-14(2)22-18-12-20(13-18)9-8-19-6-4-15(5-7-19)23-17-10-16(11-17)21-3/h14-18H,4-13H2,1-3H3. The monoisotopic (exact) mass is 326 g/mol. The zero-order valence-electron chi connectivity index (χ0n) is 15.1. The third kappa shape index (κ3) is 5.13. The molecule has 134 valence electrons. The van der Waals surface area contributed by atoms with Crippen molar-refractivity contribution in [3.05, 3.63) is 0 Å². The van der Waals surface area contributed by atoms with Gasteiger partial charge < -0.3 is 19.1 Å². The maximum atomic E-state index is 6.18. The average molecular weight is 326 g/mol. The largest absolute Gasteiger partial charge is 0.381 e. The fourth-order valence-corrected chi connectivity index (χ4v) is 3.82. The van der Waals surface area contributed by atoms with Crippen LogP contribution in [0.5, 0.6) is 0 Å². The van der Waals surface area contributed by atoms with E-state index < -0.39 is 0 Å². The van der Waals surface area contributed by atoms with Gasteiger partial charge in [0.25, 0.3) is 0 Å². The predicted octanol–water partition coefficient (Wildman–Crippen LogP) is 1.75. The zero-order valence-corrected chi connectivity index (χ0v) is 15.1. The smallest absolute Gasteiger partial charge is 0.0832 e. The fourth-order valence-electron chi connectivity index (χ4n) is 3.82. The van der Waals surface area contributed by atoms with Crippen molar-refractivity contribution in [2.24, 2.45) is 0 Å². The minimum absolute atomic E-state index is 0.357. The molecule has 0 radical (unpaired) electrons. The summed E-state index contributed by atoms with van der Waals surface area (Å²) in [5.74, 6) is 0. The van der Waals surface area contributed by atoms with Gasteiger partial charge in [-0.25, -0.2) is 0 Å². The average Bonchev–Trinajstić information content (AvgIpc) is 2.45. The summed E-state index contributed by atoms with van der Waals surface area (Å²) in [5.41, 5.74) is 0. The minimum atomic E-state index is 0.357. The van der Waals surface area contributed by atoms with E-state index in [9.17, 15) is 0 Å². The van der Waals surface area contributed by atoms with E-state index in [1.165, 1.54) is 39.0 Å². The van der Waals surface area contributed by atoms with Gasteiger partial charge in [0.1, 0.15) is 0 Å². The van der Waals surface area contributed by atoms with Crippen molar-refractivity contribution >= 4 is 0 Å². The van der Waals surface area contributed by atoms with E-state index in [0.717, 1.165) is 25.9 Å². The Morgan fingerprint density at radius 3 is 2.13 bits per heavy atom. The number of methoxy groups -OCH3 is 1. The molecule has 0 spiro atoms. The van der Waals surface area contributed by atoms with E-state index >= 15 is 0 Å². The highest BCUT2D eigenvalue weighted by Crippen LogP contribution is 2.29. The van der Waals surface area contributed by atoms with Gasteiger partial charge in [0.05, 0.1) is 30.5 Å². The molecule has 3 fully saturated rings. The molecule has 0 amide bonds. The molecule has 0 atom stereocenters. The quantitative estimate of drug-likeness (QED) is 0.679. The lowest BCUT2D eigenvalue weighted by Gasteiger charge is -2.42. The van der Waals surface area contributed by atoms with Crippen molar-refractivity contribution in [3.63, 3.8) is 0 Å². The molecule has 0 N–H and O–H groups in total. The van der Waals surface area contributed by atoms with Crippen LogP contribution in [0.15, 0.2) is 0 Å². The second-order valence-corrected chi connectivity index (χ2v) is 7.69. The molecular formula is C18H34N2O3. The number of piperidine rings is 1. The third-order valence-electron chi connectivity index (χ3n) is 5.43. The predicted molar refractivity (Wildman–Crippen MR) is 90.8 cm³/mol. The maximum absolute atomic E-state index is 6.18. The van der Waals surface area contributed by atoms with Crippen molar-refractivity contribution < 1.29 is 14.2 Å². The van der Waals surface area contributed by atoms with Crippen molar-refractivity contribution in [2.45, 2.75) is 70.1 Å². The number of nitrogens with zero attached hydrogens (tertiary/aromatic N) is 2. The molecule has 3 aliphatic rings. The van der Waals surface area contributed by atoms with E-state index in [-0.39, 0.29) is 0 Å². The Labute approximate surface area is 141 Å². The van der Waals surface area contributed by atoms with Gasteiger partial charge in [-0.3, -0.25) is 4.90 Å². The first-order valence-electron chi connectivity index (χ1n) is 9.40. The number of hydrogen-bond acceptors (Lipinski definition) is 5. The first-order valence-corrected chi connectivity index (χ1v) is 9.40. The van der Waals surface area contributed by atoms with Gasteiger partial charge in [-0.1, -0.05) is 0 Å². The Bertz CT molecular complexity index is 346. The summed E-state index contributed by atoms with van der Waals surface area (Å²) in [6.45, 7) is 11.2. The van der Waals surface area contributed by atoms with Crippen LogP contribution in [0, 0.1) is 0 Å². The van der Waals surface area contributed by atoms with Gasteiger partial charge in [0.2, 0.25) is 0 Å². The summed E-state index contributed by atoms with van der Waals surface area (Å²) < 4.78 is 17.3. The topological polar surface area (TPSA) is 34.2 Å². The molecule has 0 unspecified atom stereocenters. The van der Waals surface area contributed by atoms with Crippen LogP contribution in [-0.2, 0) is 14.2 Å². The Balaban J connectivity index is 1.22. The van der Waals surface area contributed by atoms with Crippen LogP contribution in [0.25, 0.3) is 0 Å². The molecule has 0 bridgehead atoms. The minimum Gasteiger partial charge on any atom is -0.381 e. The summed E-state index contributed by atoms with van der Waals surface area (Å²) in [6, 6.07) is 0. The second-order valence-electron chi connectivity index (χ2n) is 7.69. The molecule has 5 nitrogen and oxygen atoms in total. The first-order chi connectivity index (χ1) is 11.1. The lowest BCUT2D eigenvalue weighted by molar-refractivity contribution is -0.126. The van der Waals surface area contributed by atoms with Gasteiger partial charge in [-0.2, -0.15) is 0 Å². The van der Waals surface area contributed by atoms with Crippen LogP contribution in [0.3, 0.4) is 0 Å². The van der Waals surface area contributed by atoms with Crippen LogP contribution in [0.1, 0.15) is 39.5 Å². The van der Waals surface area contributed by atoms with Gasteiger partial charge in [0, 0.05) is 46.4 Å². The van der Waals surface area contributed by atoms with Gasteiger partial charge in [0.15, 0.2) is 0 Å². The Kier molecular flexibility index (Phi) is 6.32.